The van der Waals surface area contributed by atoms with E-state index in [2.05, 4.69) is 34.1 Å². The van der Waals surface area contributed by atoms with Crippen LogP contribution in [0.5, 0.6) is 0 Å². The molecule has 0 aliphatic carbocycles. The fourth-order valence-corrected chi connectivity index (χ4v) is 1.14. The van der Waals surface area contributed by atoms with Gasteiger partial charge in [0.05, 0.1) is 11.9 Å². The van der Waals surface area contributed by atoms with Crippen molar-refractivity contribution in [2.24, 2.45) is 0 Å². The summed E-state index contributed by atoms with van der Waals surface area (Å²) in [6.45, 7) is 6.10. The summed E-state index contributed by atoms with van der Waals surface area (Å²) in [7, 11) is 0. The van der Waals surface area contributed by atoms with Crippen molar-refractivity contribution in [1.82, 2.24) is 25.0 Å². The predicted molar refractivity (Wildman–Crippen MR) is 55.8 cm³/mol. The molecule has 0 aliphatic heterocycles. The van der Waals surface area contributed by atoms with Crippen molar-refractivity contribution < 1.29 is 0 Å². The molecule has 2 rings (SSSR count). The van der Waals surface area contributed by atoms with Crippen LogP contribution in [0.1, 0.15) is 31.0 Å². The highest BCUT2D eigenvalue weighted by atomic mass is 15.5. The summed E-state index contributed by atoms with van der Waals surface area (Å²) in [6, 6.07) is 0. The van der Waals surface area contributed by atoms with Gasteiger partial charge in [0, 0.05) is 12.4 Å². The average molecular weight is 203 g/mol. The molecule has 0 amide bonds. The van der Waals surface area contributed by atoms with Crippen LogP contribution >= 0.6 is 0 Å². The van der Waals surface area contributed by atoms with E-state index in [0.717, 1.165) is 11.3 Å². The molecule has 0 bridgehead atoms. The molecule has 2 aromatic heterocycles. The Morgan fingerprint density at radius 2 is 1.87 bits per heavy atom. The second-order valence-corrected chi connectivity index (χ2v) is 3.80. The summed E-state index contributed by atoms with van der Waals surface area (Å²) in [6.07, 6.45) is 5.38. The number of rotatable bonds is 2. The Labute approximate surface area is 88.2 Å². The Bertz CT molecular complexity index is 443. The van der Waals surface area contributed by atoms with Gasteiger partial charge in [0.2, 0.25) is 0 Å². The second kappa shape index (κ2) is 3.76. The number of nitrogens with zero attached hydrogens (tertiary/aromatic N) is 5. The van der Waals surface area contributed by atoms with Gasteiger partial charge in [-0.1, -0.05) is 19.1 Å². The topological polar surface area (TPSA) is 56.5 Å². The van der Waals surface area contributed by atoms with E-state index in [1.54, 1.807) is 17.1 Å². The van der Waals surface area contributed by atoms with Gasteiger partial charge in [-0.15, -0.1) is 5.10 Å². The zero-order chi connectivity index (χ0) is 10.8. The lowest BCUT2D eigenvalue weighted by Crippen LogP contribution is -2.01. The zero-order valence-corrected chi connectivity index (χ0v) is 9.05. The first-order chi connectivity index (χ1) is 7.16. The van der Waals surface area contributed by atoms with Gasteiger partial charge in [0.25, 0.3) is 5.95 Å². The fourth-order valence-electron chi connectivity index (χ4n) is 1.14. The summed E-state index contributed by atoms with van der Waals surface area (Å²) in [5.41, 5.74) is 1.97. The van der Waals surface area contributed by atoms with Crippen molar-refractivity contribution in [3.63, 3.8) is 0 Å². The van der Waals surface area contributed by atoms with Crippen LogP contribution in [0, 0.1) is 6.92 Å². The van der Waals surface area contributed by atoms with E-state index in [4.69, 9.17) is 0 Å². The first-order valence-electron chi connectivity index (χ1n) is 4.88. The Morgan fingerprint density at radius 3 is 2.40 bits per heavy atom. The van der Waals surface area contributed by atoms with Crippen LogP contribution in [-0.4, -0.2) is 25.0 Å². The molecular formula is C10H13N5. The maximum atomic E-state index is 4.17. The lowest BCUT2D eigenvalue weighted by molar-refractivity contribution is 0.744. The van der Waals surface area contributed by atoms with E-state index in [1.807, 2.05) is 13.1 Å². The van der Waals surface area contributed by atoms with Gasteiger partial charge >= 0.3 is 0 Å². The Morgan fingerprint density at radius 1 is 1.20 bits per heavy atom. The van der Waals surface area contributed by atoms with Gasteiger partial charge in [-0.3, -0.25) is 0 Å². The average Bonchev–Trinajstić information content (AvgIpc) is 2.68. The molecule has 0 saturated heterocycles. The summed E-state index contributed by atoms with van der Waals surface area (Å²) in [4.78, 5) is 8.34. The number of aromatic nitrogens is 5. The monoisotopic (exact) mass is 203 g/mol. The minimum absolute atomic E-state index is 0.365. The molecule has 0 fully saturated rings. The van der Waals surface area contributed by atoms with Crippen molar-refractivity contribution in [3.05, 3.63) is 29.8 Å². The molecule has 5 nitrogen and oxygen atoms in total. The Hall–Kier alpha value is -1.78. The highest BCUT2D eigenvalue weighted by Gasteiger charge is 2.07. The van der Waals surface area contributed by atoms with Gasteiger partial charge < -0.3 is 0 Å². The quantitative estimate of drug-likeness (QED) is 0.742. The van der Waals surface area contributed by atoms with Gasteiger partial charge in [-0.2, -0.15) is 4.68 Å². The number of aryl methyl sites for hydroxylation is 1. The molecule has 0 saturated carbocycles. The largest absolute Gasteiger partial charge is 0.251 e. The van der Waals surface area contributed by atoms with Crippen LogP contribution in [0.15, 0.2) is 18.6 Å². The molecule has 0 unspecified atom stereocenters. The van der Waals surface area contributed by atoms with Gasteiger partial charge in [0.1, 0.15) is 0 Å². The molecule has 0 N–H and O–H groups in total. The van der Waals surface area contributed by atoms with E-state index >= 15 is 0 Å². The van der Waals surface area contributed by atoms with Gasteiger partial charge in [-0.05, 0) is 18.4 Å². The smallest absolute Gasteiger partial charge is 0.219 e. The van der Waals surface area contributed by atoms with Crippen molar-refractivity contribution >= 4 is 0 Å². The third-order valence-electron chi connectivity index (χ3n) is 2.07. The molecule has 0 atom stereocenters. The molecule has 0 spiro atoms. The Balaban J connectivity index is 2.33. The summed E-state index contributed by atoms with van der Waals surface area (Å²) >= 11 is 0. The van der Waals surface area contributed by atoms with E-state index in [0.29, 0.717) is 11.9 Å². The van der Waals surface area contributed by atoms with E-state index in [-0.39, 0.29) is 0 Å². The Kier molecular flexibility index (Phi) is 2.45. The van der Waals surface area contributed by atoms with Crippen LogP contribution < -0.4 is 0 Å². The third kappa shape index (κ3) is 2.01. The van der Waals surface area contributed by atoms with Crippen molar-refractivity contribution in [2.45, 2.75) is 26.7 Å². The molecule has 0 aliphatic rings. The first kappa shape index (κ1) is 9.76. The van der Waals surface area contributed by atoms with Crippen LogP contribution in [0.2, 0.25) is 0 Å². The van der Waals surface area contributed by atoms with Crippen LogP contribution in [0.25, 0.3) is 5.95 Å². The molecule has 2 heterocycles. The highest BCUT2D eigenvalue weighted by molar-refractivity contribution is 5.13. The van der Waals surface area contributed by atoms with Crippen LogP contribution in [-0.2, 0) is 0 Å². The maximum absolute atomic E-state index is 4.17. The van der Waals surface area contributed by atoms with Gasteiger partial charge in [-0.25, -0.2) is 9.97 Å². The second-order valence-electron chi connectivity index (χ2n) is 3.80. The van der Waals surface area contributed by atoms with Crippen molar-refractivity contribution in [2.75, 3.05) is 0 Å². The third-order valence-corrected chi connectivity index (χ3v) is 2.07. The summed E-state index contributed by atoms with van der Waals surface area (Å²) in [5.74, 6) is 0.921. The molecule has 2 aromatic rings. The molecular weight excluding hydrogens is 190 g/mol. The fraction of sp³-hybridized carbons (Fsp3) is 0.400. The molecule has 0 radical (unpaired) electrons. The minimum atomic E-state index is 0.365. The normalized spacial score (nSPS) is 10.9. The van der Waals surface area contributed by atoms with E-state index in [1.165, 1.54) is 0 Å². The van der Waals surface area contributed by atoms with E-state index < -0.39 is 0 Å². The molecule has 5 heteroatoms. The van der Waals surface area contributed by atoms with E-state index in [9.17, 15) is 0 Å². The summed E-state index contributed by atoms with van der Waals surface area (Å²) < 4.78 is 1.59. The SMILES string of the molecule is Cc1cnc(-n2cc(C(C)C)nn2)nc1. The minimum Gasteiger partial charge on any atom is -0.219 e. The predicted octanol–water partition coefficient (Wildman–Crippen LogP) is 1.49. The van der Waals surface area contributed by atoms with Crippen LogP contribution in [0.4, 0.5) is 0 Å². The summed E-state index contributed by atoms with van der Waals surface area (Å²) in [5, 5.41) is 8.03. The van der Waals surface area contributed by atoms with Crippen LogP contribution in [0.3, 0.4) is 0 Å². The van der Waals surface area contributed by atoms with Gasteiger partial charge in [0.15, 0.2) is 0 Å². The van der Waals surface area contributed by atoms with Crippen molar-refractivity contribution in [3.8, 4) is 5.95 Å². The number of hydrogen-bond acceptors (Lipinski definition) is 4. The maximum Gasteiger partial charge on any atom is 0.251 e. The molecule has 0 aromatic carbocycles. The van der Waals surface area contributed by atoms with Crippen molar-refractivity contribution in [1.29, 1.82) is 0 Å². The lowest BCUT2D eigenvalue weighted by Gasteiger charge is -1.97. The number of hydrogen-bond donors (Lipinski definition) is 0. The molecule has 15 heavy (non-hydrogen) atoms. The lowest BCUT2D eigenvalue weighted by atomic mass is 10.2. The highest BCUT2D eigenvalue weighted by Crippen LogP contribution is 2.10. The first-order valence-corrected chi connectivity index (χ1v) is 4.88. The molecule has 78 valence electrons. The standard InChI is InChI=1S/C10H13N5/c1-7(2)9-6-15(14-13-9)10-11-4-8(3)5-12-10/h4-7H,1-3H3. The zero-order valence-electron chi connectivity index (χ0n) is 9.05.